The van der Waals surface area contributed by atoms with Crippen LogP contribution in [0.25, 0.3) is 0 Å². The molecule has 0 rings (SSSR count). The molecule has 3 N–H and O–H groups in total. The van der Waals surface area contributed by atoms with E-state index in [-0.39, 0.29) is 25.0 Å². The van der Waals surface area contributed by atoms with Crippen LogP contribution >= 0.6 is 23.2 Å². The van der Waals surface area contributed by atoms with Crippen molar-refractivity contribution in [2.45, 2.75) is 31.5 Å². The number of hydrogen-bond acceptors (Lipinski definition) is 5. The van der Waals surface area contributed by atoms with Gasteiger partial charge in [-0.15, -0.1) is 23.2 Å². The maximum atomic E-state index is 9.35. The highest BCUT2D eigenvalue weighted by atomic mass is 35.5. The van der Waals surface area contributed by atoms with Crippen LogP contribution in [0.5, 0.6) is 0 Å². The summed E-state index contributed by atoms with van der Waals surface area (Å²) >= 11 is 10.8. The Hall–Kier alpha value is 0.380. The zero-order valence-electron chi connectivity index (χ0n) is 8.89. The molecule has 0 aliphatic carbocycles. The average Bonchev–Trinajstić information content (AvgIpc) is 2.24. The number of aliphatic hydroxyl groups is 3. The summed E-state index contributed by atoms with van der Waals surface area (Å²) in [7, 11) is 0. The zero-order valence-corrected chi connectivity index (χ0v) is 10.4. The third-order valence-corrected chi connectivity index (χ3v) is 2.11. The molecule has 98 valence electrons. The van der Waals surface area contributed by atoms with Gasteiger partial charge in [-0.05, 0) is 0 Å². The number of rotatable bonds is 10. The molecule has 0 aromatic rings. The highest BCUT2D eigenvalue weighted by Gasteiger charge is 2.11. The van der Waals surface area contributed by atoms with Gasteiger partial charge in [0.05, 0.1) is 13.2 Å². The Morgan fingerprint density at radius 3 is 1.50 bits per heavy atom. The van der Waals surface area contributed by atoms with Gasteiger partial charge in [0.2, 0.25) is 0 Å². The predicted molar refractivity (Wildman–Crippen MR) is 60.6 cm³/mol. The van der Waals surface area contributed by atoms with Crippen molar-refractivity contribution in [2.75, 3.05) is 25.0 Å². The minimum absolute atomic E-state index is 0.0777. The van der Waals surface area contributed by atoms with E-state index in [4.69, 9.17) is 42.9 Å². The average molecular weight is 277 g/mol. The van der Waals surface area contributed by atoms with E-state index in [1.54, 1.807) is 0 Å². The largest absolute Gasteiger partial charge is 0.388 e. The second-order valence-electron chi connectivity index (χ2n) is 3.19. The summed E-state index contributed by atoms with van der Waals surface area (Å²) in [6, 6.07) is 0. The third kappa shape index (κ3) is 9.59. The van der Waals surface area contributed by atoms with E-state index in [0.717, 1.165) is 0 Å². The Morgan fingerprint density at radius 2 is 1.19 bits per heavy atom. The second-order valence-corrected chi connectivity index (χ2v) is 3.94. The van der Waals surface area contributed by atoms with E-state index in [1.807, 2.05) is 0 Å². The summed E-state index contributed by atoms with van der Waals surface area (Å²) in [4.78, 5) is 0. The number of alkyl halides is 2. The standard InChI is InChI=1S/C9H18Cl2O5/c10-3-1-8(13)15-5-7(12)6-16-9(14)2-4-11/h7-9,12-14H,1-6H2/t8-,9-/m1/s1. The Bertz CT molecular complexity index is 145. The summed E-state index contributed by atoms with van der Waals surface area (Å²) in [5, 5.41) is 27.6. The third-order valence-electron chi connectivity index (χ3n) is 1.67. The molecule has 2 atom stereocenters. The van der Waals surface area contributed by atoms with E-state index in [1.165, 1.54) is 0 Å². The molecule has 0 aliphatic rings. The maximum absolute atomic E-state index is 9.35. The van der Waals surface area contributed by atoms with Crippen LogP contribution in [-0.2, 0) is 9.47 Å². The quantitative estimate of drug-likeness (QED) is 0.395. The maximum Gasteiger partial charge on any atom is 0.155 e. The first-order valence-corrected chi connectivity index (χ1v) is 6.06. The van der Waals surface area contributed by atoms with Gasteiger partial charge < -0.3 is 24.8 Å². The SMILES string of the molecule is OC(CO[C@@H](O)CCCl)CO[C@@H](O)CCCl. The van der Waals surface area contributed by atoms with E-state index < -0.39 is 18.7 Å². The Balaban J connectivity index is 3.46. The lowest BCUT2D eigenvalue weighted by atomic mass is 10.4. The molecule has 0 amide bonds. The van der Waals surface area contributed by atoms with Gasteiger partial charge in [0, 0.05) is 24.6 Å². The summed E-state index contributed by atoms with van der Waals surface area (Å²) < 4.78 is 9.74. The van der Waals surface area contributed by atoms with Gasteiger partial charge in [0.1, 0.15) is 6.10 Å². The van der Waals surface area contributed by atoms with Crippen molar-refractivity contribution in [1.82, 2.24) is 0 Å². The molecule has 5 nitrogen and oxygen atoms in total. The molecule has 0 saturated carbocycles. The van der Waals surface area contributed by atoms with Gasteiger partial charge in [-0.3, -0.25) is 0 Å². The van der Waals surface area contributed by atoms with Gasteiger partial charge >= 0.3 is 0 Å². The molecule has 0 radical (unpaired) electrons. The zero-order chi connectivity index (χ0) is 12.4. The number of aliphatic hydroxyl groups excluding tert-OH is 3. The summed E-state index contributed by atoms with van der Waals surface area (Å²) in [6.07, 6.45) is -2.29. The van der Waals surface area contributed by atoms with Gasteiger partial charge in [-0.2, -0.15) is 0 Å². The Labute approximate surface area is 105 Å². The molecule has 0 saturated heterocycles. The molecular weight excluding hydrogens is 259 g/mol. The first-order chi connectivity index (χ1) is 7.60. The molecule has 0 aromatic heterocycles. The predicted octanol–water partition coefficient (Wildman–Crippen LogP) is 0.275. The van der Waals surface area contributed by atoms with Gasteiger partial charge in [-0.25, -0.2) is 0 Å². The molecule has 0 heterocycles. The molecule has 16 heavy (non-hydrogen) atoms. The molecule has 0 aliphatic heterocycles. The molecule has 7 heteroatoms. The lowest BCUT2D eigenvalue weighted by molar-refractivity contribution is -0.156. The Kier molecular flexibility index (Phi) is 10.8. The first-order valence-electron chi connectivity index (χ1n) is 4.99. The van der Waals surface area contributed by atoms with Crippen LogP contribution in [0.1, 0.15) is 12.8 Å². The van der Waals surface area contributed by atoms with E-state index in [2.05, 4.69) is 0 Å². The molecule has 0 fully saturated rings. The molecular formula is C9H18Cl2O5. The molecule has 0 aromatic carbocycles. The lowest BCUT2D eigenvalue weighted by Gasteiger charge is -2.16. The highest BCUT2D eigenvalue weighted by molar-refractivity contribution is 6.18. The minimum atomic E-state index is -0.986. The first kappa shape index (κ1) is 16.4. The van der Waals surface area contributed by atoms with Crippen LogP contribution in [0.15, 0.2) is 0 Å². The number of ether oxygens (including phenoxy) is 2. The summed E-state index contributed by atoms with van der Waals surface area (Å²) in [6.45, 7) is -0.155. The minimum Gasteiger partial charge on any atom is -0.388 e. The smallest absolute Gasteiger partial charge is 0.155 e. The molecule has 0 spiro atoms. The topological polar surface area (TPSA) is 79.2 Å². The highest BCUT2D eigenvalue weighted by Crippen LogP contribution is 2.01. The van der Waals surface area contributed by atoms with Crippen LogP contribution < -0.4 is 0 Å². The van der Waals surface area contributed by atoms with E-state index in [9.17, 15) is 5.11 Å². The van der Waals surface area contributed by atoms with Crippen LogP contribution in [0, 0.1) is 0 Å². The van der Waals surface area contributed by atoms with E-state index in [0.29, 0.717) is 12.8 Å². The van der Waals surface area contributed by atoms with Crippen molar-refractivity contribution < 1.29 is 24.8 Å². The van der Waals surface area contributed by atoms with Crippen molar-refractivity contribution in [3.63, 3.8) is 0 Å². The van der Waals surface area contributed by atoms with Crippen LogP contribution in [0.4, 0.5) is 0 Å². The Morgan fingerprint density at radius 1 is 0.812 bits per heavy atom. The van der Waals surface area contributed by atoms with Crippen LogP contribution in [0.2, 0.25) is 0 Å². The summed E-state index contributed by atoms with van der Waals surface area (Å²) in [5.41, 5.74) is 0. The number of hydrogen-bond donors (Lipinski definition) is 3. The van der Waals surface area contributed by atoms with Crippen molar-refractivity contribution in [3.05, 3.63) is 0 Å². The van der Waals surface area contributed by atoms with E-state index >= 15 is 0 Å². The van der Waals surface area contributed by atoms with Crippen LogP contribution in [0.3, 0.4) is 0 Å². The van der Waals surface area contributed by atoms with Crippen molar-refractivity contribution in [2.24, 2.45) is 0 Å². The van der Waals surface area contributed by atoms with Gasteiger partial charge in [0.15, 0.2) is 12.6 Å². The molecule has 0 unspecified atom stereocenters. The van der Waals surface area contributed by atoms with Gasteiger partial charge in [-0.1, -0.05) is 0 Å². The second kappa shape index (κ2) is 10.5. The van der Waals surface area contributed by atoms with Gasteiger partial charge in [0.25, 0.3) is 0 Å². The normalized spacial score (nSPS) is 15.4. The fraction of sp³-hybridized carbons (Fsp3) is 1.00. The lowest BCUT2D eigenvalue weighted by Crippen LogP contribution is -2.28. The molecule has 0 bridgehead atoms. The monoisotopic (exact) mass is 276 g/mol. The fourth-order valence-corrected chi connectivity index (χ4v) is 1.22. The fourth-order valence-electron chi connectivity index (χ4n) is 0.846. The van der Waals surface area contributed by atoms with Crippen molar-refractivity contribution in [1.29, 1.82) is 0 Å². The van der Waals surface area contributed by atoms with Crippen molar-refractivity contribution in [3.8, 4) is 0 Å². The van der Waals surface area contributed by atoms with Crippen LogP contribution in [-0.4, -0.2) is 59.0 Å². The number of halogens is 2. The summed E-state index contributed by atoms with van der Waals surface area (Å²) in [5.74, 6) is 0.560. The van der Waals surface area contributed by atoms with Crippen molar-refractivity contribution >= 4 is 23.2 Å².